The Bertz CT molecular complexity index is 1230. The van der Waals surface area contributed by atoms with E-state index in [1.54, 1.807) is 67.8 Å². The standard InChI is InChI=1S/C23H17ClN2O4/c1-29-20-5-3-2-4-18(20)26-22(27)14-6-9-17(10-7-14)25-23(28)21-13-15-12-16(24)8-11-19(15)30-21/h2-13H,1H3,(H,25,28)(H,26,27). The van der Waals surface area contributed by atoms with Crippen LogP contribution in [0.15, 0.2) is 77.2 Å². The zero-order valence-corrected chi connectivity index (χ0v) is 16.7. The smallest absolute Gasteiger partial charge is 0.291 e. The Morgan fingerprint density at radius 1 is 0.900 bits per heavy atom. The number of furan rings is 1. The van der Waals surface area contributed by atoms with E-state index in [4.69, 9.17) is 20.8 Å². The van der Waals surface area contributed by atoms with Gasteiger partial charge < -0.3 is 19.8 Å². The van der Waals surface area contributed by atoms with E-state index < -0.39 is 5.91 Å². The molecule has 4 aromatic rings. The number of amides is 2. The third kappa shape index (κ3) is 4.14. The lowest BCUT2D eigenvalue weighted by Gasteiger charge is -2.10. The average Bonchev–Trinajstić information content (AvgIpc) is 3.18. The van der Waals surface area contributed by atoms with E-state index in [1.165, 1.54) is 0 Å². The summed E-state index contributed by atoms with van der Waals surface area (Å²) in [5.41, 5.74) is 2.13. The highest BCUT2D eigenvalue weighted by molar-refractivity contribution is 6.31. The van der Waals surface area contributed by atoms with Crippen LogP contribution in [0.25, 0.3) is 11.0 Å². The maximum Gasteiger partial charge on any atom is 0.291 e. The minimum absolute atomic E-state index is 0.172. The predicted molar refractivity (Wildman–Crippen MR) is 117 cm³/mol. The molecule has 0 aliphatic rings. The predicted octanol–water partition coefficient (Wildman–Crippen LogP) is 5.60. The van der Waals surface area contributed by atoms with Gasteiger partial charge in [-0.05, 0) is 60.7 Å². The summed E-state index contributed by atoms with van der Waals surface area (Å²) in [5, 5.41) is 6.87. The number of methoxy groups -OCH3 is 1. The molecule has 0 saturated carbocycles. The van der Waals surface area contributed by atoms with E-state index in [-0.39, 0.29) is 11.7 Å². The number of rotatable bonds is 5. The second-order valence-electron chi connectivity index (χ2n) is 6.48. The molecular formula is C23H17ClN2O4. The van der Waals surface area contributed by atoms with Gasteiger partial charge in [0.2, 0.25) is 0 Å². The molecule has 0 aliphatic carbocycles. The van der Waals surface area contributed by atoms with Crippen LogP contribution in [0.2, 0.25) is 5.02 Å². The number of benzene rings is 3. The van der Waals surface area contributed by atoms with Crippen LogP contribution in [0.4, 0.5) is 11.4 Å². The number of nitrogens with one attached hydrogen (secondary N) is 2. The first kappa shape index (κ1) is 19.5. The molecule has 0 atom stereocenters. The van der Waals surface area contributed by atoms with Crippen molar-refractivity contribution in [2.75, 3.05) is 17.7 Å². The Hall–Kier alpha value is -3.77. The number of para-hydroxylation sites is 2. The Morgan fingerprint density at radius 3 is 2.43 bits per heavy atom. The molecule has 7 heteroatoms. The molecule has 150 valence electrons. The van der Waals surface area contributed by atoms with Gasteiger partial charge in [0, 0.05) is 21.7 Å². The molecule has 0 spiro atoms. The van der Waals surface area contributed by atoms with Crippen molar-refractivity contribution < 1.29 is 18.7 Å². The van der Waals surface area contributed by atoms with Crippen molar-refractivity contribution in [2.24, 2.45) is 0 Å². The summed E-state index contributed by atoms with van der Waals surface area (Å²) < 4.78 is 10.8. The van der Waals surface area contributed by atoms with Crippen molar-refractivity contribution in [2.45, 2.75) is 0 Å². The van der Waals surface area contributed by atoms with Crippen molar-refractivity contribution in [3.05, 3.63) is 89.1 Å². The van der Waals surface area contributed by atoms with Crippen molar-refractivity contribution in [1.29, 1.82) is 0 Å². The van der Waals surface area contributed by atoms with Gasteiger partial charge in [-0.15, -0.1) is 0 Å². The Morgan fingerprint density at radius 2 is 1.67 bits per heavy atom. The van der Waals surface area contributed by atoms with Crippen LogP contribution in [-0.2, 0) is 0 Å². The van der Waals surface area contributed by atoms with E-state index in [9.17, 15) is 9.59 Å². The Labute approximate surface area is 177 Å². The molecule has 3 aromatic carbocycles. The fourth-order valence-electron chi connectivity index (χ4n) is 2.97. The van der Waals surface area contributed by atoms with Crippen molar-refractivity contribution in [1.82, 2.24) is 0 Å². The number of halogens is 1. The largest absolute Gasteiger partial charge is 0.495 e. The molecule has 0 bridgehead atoms. The number of fused-ring (bicyclic) bond motifs is 1. The number of anilines is 2. The topological polar surface area (TPSA) is 80.6 Å². The number of carbonyl (C=O) groups is 2. The number of carbonyl (C=O) groups excluding carboxylic acids is 2. The summed E-state index contributed by atoms with van der Waals surface area (Å²) >= 11 is 5.96. The van der Waals surface area contributed by atoms with E-state index in [0.717, 1.165) is 5.39 Å². The molecule has 0 radical (unpaired) electrons. The lowest BCUT2D eigenvalue weighted by Crippen LogP contribution is -2.13. The highest BCUT2D eigenvalue weighted by Crippen LogP contribution is 2.25. The molecule has 1 aromatic heterocycles. The monoisotopic (exact) mass is 420 g/mol. The fraction of sp³-hybridized carbons (Fsp3) is 0.0435. The Kier molecular flexibility index (Phi) is 5.41. The normalized spacial score (nSPS) is 10.6. The van der Waals surface area contributed by atoms with Gasteiger partial charge in [0.15, 0.2) is 5.76 Å². The summed E-state index contributed by atoms with van der Waals surface area (Å²) in [4.78, 5) is 25.0. The second kappa shape index (κ2) is 8.31. The molecule has 4 rings (SSSR count). The summed E-state index contributed by atoms with van der Waals surface area (Å²) in [6, 6.07) is 20.5. The number of hydrogen-bond acceptors (Lipinski definition) is 4. The third-order valence-corrected chi connectivity index (χ3v) is 4.70. The number of ether oxygens (including phenoxy) is 1. The van der Waals surface area contributed by atoms with E-state index in [0.29, 0.717) is 33.3 Å². The lowest BCUT2D eigenvalue weighted by atomic mass is 10.2. The first-order valence-corrected chi connectivity index (χ1v) is 9.46. The maximum atomic E-state index is 12.5. The van der Waals surface area contributed by atoms with Gasteiger partial charge in [-0.25, -0.2) is 0 Å². The molecule has 0 aliphatic heterocycles. The molecule has 0 unspecified atom stereocenters. The van der Waals surface area contributed by atoms with E-state index >= 15 is 0 Å². The van der Waals surface area contributed by atoms with Crippen LogP contribution >= 0.6 is 11.6 Å². The highest BCUT2D eigenvalue weighted by Gasteiger charge is 2.14. The SMILES string of the molecule is COc1ccccc1NC(=O)c1ccc(NC(=O)c2cc3cc(Cl)ccc3o2)cc1. The van der Waals surface area contributed by atoms with Crippen molar-refractivity contribution >= 4 is 45.8 Å². The summed E-state index contributed by atoms with van der Waals surface area (Å²) in [7, 11) is 1.54. The van der Waals surface area contributed by atoms with Gasteiger partial charge >= 0.3 is 0 Å². The van der Waals surface area contributed by atoms with Gasteiger partial charge in [-0.1, -0.05) is 23.7 Å². The van der Waals surface area contributed by atoms with Gasteiger partial charge in [0.1, 0.15) is 11.3 Å². The fourth-order valence-corrected chi connectivity index (χ4v) is 3.15. The second-order valence-corrected chi connectivity index (χ2v) is 6.92. The van der Waals surface area contributed by atoms with Crippen molar-refractivity contribution in [3.8, 4) is 5.75 Å². The number of hydrogen-bond donors (Lipinski definition) is 2. The van der Waals surface area contributed by atoms with Crippen LogP contribution in [0.3, 0.4) is 0 Å². The average molecular weight is 421 g/mol. The van der Waals surface area contributed by atoms with Crippen LogP contribution in [0.1, 0.15) is 20.9 Å². The zero-order chi connectivity index (χ0) is 21.1. The highest BCUT2D eigenvalue weighted by atomic mass is 35.5. The summed E-state index contributed by atoms with van der Waals surface area (Å²) in [5.74, 6) is 0.0622. The molecule has 30 heavy (non-hydrogen) atoms. The minimum Gasteiger partial charge on any atom is -0.495 e. The molecule has 1 heterocycles. The molecule has 2 amide bonds. The van der Waals surface area contributed by atoms with Gasteiger partial charge in [-0.2, -0.15) is 0 Å². The van der Waals surface area contributed by atoms with E-state index in [2.05, 4.69) is 10.6 Å². The van der Waals surface area contributed by atoms with Crippen molar-refractivity contribution in [3.63, 3.8) is 0 Å². The minimum atomic E-state index is -0.395. The lowest BCUT2D eigenvalue weighted by molar-refractivity contribution is 0.0997. The van der Waals surface area contributed by atoms with Gasteiger partial charge in [-0.3, -0.25) is 9.59 Å². The molecular weight excluding hydrogens is 404 g/mol. The molecule has 6 nitrogen and oxygen atoms in total. The molecule has 0 saturated heterocycles. The van der Waals surface area contributed by atoms with Crippen LogP contribution in [0.5, 0.6) is 5.75 Å². The van der Waals surface area contributed by atoms with Crippen LogP contribution < -0.4 is 15.4 Å². The molecule has 0 fully saturated rings. The first-order chi connectivity index (χ1) is 14.5. The summed E-state index contributed by atoms with van der Waals surface area (Å²) in [6.07, 6.45) is 0. The van der Waals surface area contributed by atoms with Gasteiger partial charge in [0.25, 0.3) is 11.8 Å². The van der Waals surface area contributed by atoms with Crippen LogP contribution in [-0.4, -0.2) is 18.9 Å². The summed E-state index contributed by atoms with van der Waals surface area (Å²) in [6.45, 7) is 0. The molecule has 2 N–H and O–H groups in total. The quantitative estimate of drug-likeness (QED) is 0.440. The third-order valence-electron chi connectivity index (χ3n) is 4.46. The van der Waals surface area contributed by atoms with Gasteiger partial charge in [0.05, 0.1) is 12.8 Å². The van der Waals surface area contributed by atoms with E-state index in [1.807, 2.05) is 12.1 Å². The zero-order valence-electron chi connectivity index (χ0n) is 15.9. The Balaban J connectivity index is 1.45. The van der Waals surface area contributed by atoms with Crippen LogP contribution in [0, 0.1) is 0 Å². The first-order valence-electron chi connectivity index (χ1n) is 9.08. The maximum absolute atomic E-state index is 12.5.